The molecule has 0 amide bonds. The SMILES string of the molecule is c1ccc2cc(-c3ccc4cnc(-c5cc6ccccn6n5)nc4c3)ncc2c1. The molecular formula is C24H15N5. The molecular weight excluding hydrogens is 358 g/mol. The molecule has 2 aromatic carbocycles. The second kappa shape index (κ2) is 6.21. The number of nitrogens with zero attached hydrogens (tertiary/aromatic N) is 5. The largest absolute Gasteiger partial charge is 0.256 e. The summed E-state index contributed by atoms with van der Waals surface area (Å²) in [4.78, 5) is 13.9. The van der Waals surface area contributed by atoms with E-state index in [1.807, 2.05) is 65.6 Å². The lowest BCUT2D eigenvalue weighted by Gasteiger charge is -2.05. The van der Waals surface area contributed by atoms with E-state index in [1.54, 1.807) is 0 Å². The summed E-state index contributed by atoms with van der Waals surface area (Å²) < 4.78 is 1.83. The Bertz CT molecular complexity index is 1480. The fourth-order valence-electron chi connectivity index (χ4n) is 3.59. The third-order valence-electron chi connectivity index (χ3n) is 5.11. The molecule has 0 aliphatic rings. The number of aromatic nitrogens is 5. The molecule has 0 spiro atoms. The first-order valence-electron chi connectivity index (χ1n) is 9.40. The van der Waals surface area contributed by atoms with E-state index < -0.39 is 0 Å². The number of benzene rings is 2. The zero-order valence-electron chi connectivity index (χ0n) is 15.4. The van der Waals surface area contributed by atoms with E-state index in [2.05, 4.69) is 45.4 Å². The smallest absolute Gasteiger partial charge is 0.180 e. The summed E-state index contributed by atoms with van der Waals surface area (Å²) in [6, 6.07) is 24.5. The Kier molecular flexibility index (Phi) is 3.40. The highest BCUT2D eigenvalue weighted by Gasteiger charge is 2.09. The van der Waals surface area contributed by atoms with Gasteiger partial charge in [-0.25, -0.2) is 14.5 Å². The normalized spacial score (nSPS) is 11.4. The van der Waals surface area contributed by atoms with Crippen molar-refractivity contribution in [2.45, 2.75) is 0 Å². The van der Waals surface area contributed by atoms with Gasteiger partial charge in [0.15, 0.2) is 5.82 Å². The second-order valence-corrected chi connectivity index (χ2v) is 6.98. The Morgan fingerprint density at radius 1 is 0.655 bits per heavy atom. The zero-order valence-corrected chi connectivity index (χ0v) is 15.4. The third-order valence-corrected chi connectivity index (χ3v) is 5.11. The van der Waals surface area contributed by atoms with Crippen LogP contribution in [0.15, 0.2) is 91.4 Å². The van der Waals surface area contributed by atoms with Gasteiger partial charge in [0.25, 0.3) is 0 Å². The van der Waals surface area contributed by atoms with Crippen LogP contribution in [0.25, 0.3) is 50.0 Å². The Balaban J connectivity index is 1.47. The summed E-state index contributed by atoms with van der Waals surface area (Å²) in [5.74, 6) is 0.616. The summed E-state index contributed by atoms with van der Waals surface area (Å²) in [6.07, 6.45) is 5.68. The molecule has 0 aliphatic heterocycles. The average Bonchev–Trinajstić information content (AvgIpc) is 3.22. The lowest BCUT2D eigenvalue weighted by atomic mass is 10.1. The lowest BCUT2D eigenvalue weighted by Crippen LogP contribution is -1.92. The highest BCUT2D eigenvalue weighted by molar-refractivity contribution is 5.88. The van der Waals surface area contributed by atoms with Crippen LogP contribution < -0.4 is 0 Å². The maximum absolute atomic E-state index is 4.77. The molecule has 6 rings (SSSR count). The van der Waals surface area contributed by atoms with E-state index in [0.29, 0.717) is 5.82 Å². The van der Waals surface area contributed by atoms with Gasteiger partial charge in [-0.2, -0.15) is 5.10 Å². The van der Waals surface area contributed by atoms with Crippen LogP contribution in [0.4, 0.5) is 0 Å². The fraction of sp³-hybridized carbons (Fsp3) is 0. The standard InChI is InChI=1S/C24H15N5/c1-2-6-18-14-25-21(11-16(18)5-1)17-8-9-19-15-26-24(27-22(19)12-17)23-13-20-7-3-4-10-29(20)28-23/h1-15H. The van der Waals surface area contributed by atoms with Gasteiger partial charge in [-0.3, -0.25) is 4.98 Å². The van der Waals surface area contributed by atoms with Gasteiger partial charge in [0.2, 0.25) is 0 Å². The van der Waals surface area contributed by atoms with Gasteiger partial charge in [0.05, 0.1) is 16.7 Å². The molecule has 0 bridgehead atoms. The van der Waals surface area contributed by atoms with Gasteiger partial charge in [0.1, 0.15) is 5.69 Å². The second-order valence-electron chi connectivity index (χ2n) is 6.98. The number of hydrogen-bond acceptors (Lipinski definition) is 4. The van der Waals surface area contributed by atoms with Crippen molar-refractivity contribution < 1.29 is 0 Å². The van der Waals surface area contributed by atoms with Crippen molar-refractivity contribution in [3.05, 3.63) is 91.4 Å². The van der Waals surface area contributed by atoms with Gasteiger partial charge in [-0.05, 0) is 35.7 Å². The van der Waals surface area contributed by atoms with Crippen LogP contribution in [0.2, 0.25) is 0 Å². The van der Waals surface area contributed by atoms with Gasteiger partial charge >= 0.3 is 0 Å². The molecule has 0 aliphatic carbocycles. The molecule has 0 N–H and O–H groups in total. The van der Waals surface area contributed by atoms with Crippen LogP contribution in [0, 0.1) is 0 Å². The molecule has 0 fully saturated rings. The molecule has 4 heterocycles. The number of fused-ring (bicyclic) bond motifs is 3. The summed E-state index contributed by atoms with van der Waals surface area (Å²) in [5.41, 5.74) is 4.61. The topological polar surface area (TPSA) is 56.0 Å². The molecule has 4 aromatic heterocycles. The van der Waals surface area contributed by atoms with Crippen LogP contribution >= 0.6 is 0 Å². The van der Waals surface area contributed by atoms with Crippen molar-refractivity contribution in [1.29, 1.82) is 0 Å². The van der Waals surface area contributed by atoms with E-state index in [4.69, 9.17) is 4.98 Å². The van der Waals surface area contributed by atoms with Crippen molar-refractivity contribution in [2.75, 3.05) is 0 Å². The van der Waals surface area contributed by atoms with Crippen molar-refractivity contribution in [2.24, 2.45) is 0 Å². The van der Waals surface area contributed by atoms with Crippen LogP contribution in [0.1, 0.15) is 0 Å². The number of rotatable bonds is 2. The molecule has 6 aromatic rings. The monoisotopic (exact) mass is 373 g/mol. The lowest BCUT2D eigenvalue weighted by molar-refractivity contribution is 0.957. The first kappa shape index (κ1) is 15.9. The molecule has 0 saturated heterocycles. The molecule has 0 unspecified atom stereocenters. The molecule has 5 heteroatoms. The van der Waals surface area contributed by atoms with Gasteiger partial charge in [-0.15, -0.1) is 0 Å². The molecule has 29 heavy (non-hydrogen) atoms. The molecule has 136 valence electrons. The number of hydrogen-bond donors (Lipinski definition) is 0. The minimum Gasteiger partial charge on any atom is -0.256 e. The highest BCUT2D eigenvalue weighted by atomic mass is 15.2. The fourth-order valence-corrected chi connectivity index (χ4v) is 3.59. The van der Waals surface area contributed by atoms with Gasteiger partial charge < -0.3 is 0 Å². The Labute approximate surface area is 166 Å². The van der Waals surface area contributed by atoms with E-state index in [0.717, 1.165) is 38.8 Å². The van der Waals surface area contributed by atoms with E-state index in [9.17, 15) is 0 Å². The first-order chi connectivity index (χ1) is 14.3. The van der Waals surface area contributed by atoms with E-state index >= 15 is 0 Å². The first-order valence-corrected chi connectivity index (χ1v) is 9.40. The minimum absolute atomic E-state index is 0.616. The van der Waals surface area contributed by atoms with Gasteiger partial charge in [0, 0.05) is 34.9 Å². The van der Waals surface area contributed by atoms with Gasteiger partial charge in [-0.1, -0.05) is 42.5 Å². The van der Waals surface area contributed by atoms with E-state index in [-0.39, 0.29) is 0 Å². The molecule has 0 atom stereocenters. The predicted molar refractivity (Wildman–Crippen MR) is 114 cm³/mol. The minimum atomic E-state index is 0.616. The average molecular weight is 373 g/mol. The predicted octanol–water partition coefficient (Wildman–Crippen LogP) is 5.16. The highest BCUT2D eigenvalue weighted by Crippen LogP contribution is 2.26. The Morgan fingerprint density at radius 2 is 1.52 bits per heavy atom. The maximum Gasteiger partial charge on any atom is 0.180 e. The van der Waals surface area contributed by atoms with Crippen molar-refractivity contribution in [1.82, 2.24) is 24.6 Å². The van der Waals surface area contributed by atoms with E-state index in [1.165, 1.54) is 5.39 Å². The molecule has 0 saturated carbocycles. The van der Waals surface area contributed by atoms with Crippen LogP contribution in [-0.2, 0) is 0 Å². The quantitative estimate of drug-likeness (QED) is 0.421. The zero-order chi connectivity index (χ0) is 19.2. The summed E-state index contributed by atoms with van der Waals surface area (Å²) in [5, 5.41) is 7.88. The molecule has 5 nitrogen and oxygen atoms in total. The summed E-state index contributed by atoms with van der Waals surface area (Å²) >= 11 is 0. The van der Waals surface area contributed by atoms with Crippen LogP contribution in [-0.4, -0.2) is 24.6 Å². The Hall–Kier alpha value is -4.12. The van der Waals surface area contributed by atoms with Crippen LogP contribution in [0.5, 0.6) is 0 Å². The van der Waals surface area contributed by atoms with Crippen molar-refractivity contribution in [3.8, 4) is 22.8 Å². The third kappa shape index (κ3) is 2.72. The van der Waals surface area contributed by atoms with Crippen molar-refractivity contribution >= 4 is 27.2 Å². The summed E-state index contributed by atoms with van der Waals surface area (Å²) in [6.45, 7) is 0. The maximum atomic E-state index is 4.77. The Morgan fingerprint density at radius 3 is 2.45 bits per heavy atom. The van der Waals surface area contributed by atoms with Crippen molar-refractivity contribution in [3.63, 3.8) is 0 Å². The van der Waals surface area contributed by atoms with Crippen LogP contribution in [0.3, 0.4) is 0 Å². The molecule has 0 radical (unpaired) electrons. The number of pyridine rings is 2. The summed E-state index contributed by atoms with van der Waals surface area (Å²) in [7, 11) is 0.